The van der Waals surface area contributed by atoms with Crippen LogP contribution in [0, 0.1) is 5.41 Å². The van der Waals surface area contributed by atoms with E-state index in [0.717, 1.165) is 56.3 Å². The second-order valence-electron chi connectivity index (χ2n) is 7.48. The highest BCUT2D eigenvalue weighted by atomic mass is 32.2. The Kier molecular flexibility index (Phi) is 4.67. The summed E-state index contributed by atoms with van der Waals surface area (Å²) < 4.78 is 0. The maximum atomic E-state index is 6.24. The van der Waals surface area contributed by atoms with Crippen molar-refractivity contribution in [3.63, 3.8) is 0 Å². The molecule has 0 spiro atoms. The van der Waals surface area contributed by atoms with Gasteiger partial charge in [0.25, 0.3) is 0 Å². The van der Waals surface area contributed by atoms with Gasteiger partial charge >= 0.3 is 0 Å². The summed E-state index contributed by atoms with van der Waals surface area (Å²) in [6.07, 6.45) is 5.04. The van der Waals surface area contributed by atoms with Gasteiger partial charge in [0, 0.05) is 30.2 Å². The number of anilines is 3. The Morgan fingerprint density at radius 2 is 2.12 bits per heavy atom. The number of nitrogens with zero attached hydrogens (tertiary/aromatic N) is 3. The SMILES string of the molecule is CC1(CN)CCN(c2cnc(Sc3cccc4c3CCN4)c(N)n2)CC1. The first-order valence-electron chi connectivity index (χ1n) is 9.19. The lowest BCUT2D eigenvalue weighted by atomic mass is 9.80. The van der Waals surface area contributed by atoms with Crippen LogP contribution >= 0.6 is 11.8 Å². The lowest BCUT2D eigenvalue weighted by Gasteiger charge is -2.39. The predicted molar refractivity (Wildman–Crippen MR) is 108 cm³/mol. The molecule has 0 saturated carbocycles. The minimum Gasteiger partial charge on any atom is -0.384 e. The maximum absolute atomic E-state index is 6.24. The average molecular weight is 371 g/mol. The zero-order valence-electron chi connectivity index (χ0n) is 15.2. The quantitative estimate of drug-likeness (QED) is 0.762. The number of hydrogen-bond donors (Lipinski definition) is 3. The van der Waals surface area contributed by atoms with E-state index in [1.54, 1.807) is 11.8 Å². The number of piperidine rings is 1. The van der Waals surface area contributed by atoms with Crippen molar-refractivity contribution >= 4 is 29.1 Å². The number of rotatable bonds is 4. The lowest BCUT2D eigenvalue weighted by molar-refractivity contribution is 0.258. The van der Waals surface area contributed by atoms with Crippen molar-refractivity contribution in [2.45, 2.75) is 36.1 Å². The van der Waals surface area contributed by atoms with Crippen molar-refractivity contribution < 1.29 is 0 Å². The summed E-state index contributed by atoms with van der Waals surface area (Å²) in [5.74, 6) is 1.37. The van der Waals surface area contributed by atoms with E-state index >= 15 is 0 Å². The molecule has 1 aromatic heterocycles. The molecular weight excluding hydrogens is 344 g/mol. The highest BCUT2D eigenvalue weighted by Crippen LogP contribution is 2.38. The molecule has 0 radical (unpaired) electrons. The van der Waals surface area contributed by atoms with Crippen molar-refractivity contribution in [3.05, 3.63) is 30.0 Å². The molecule has 1 aromatic carbocycles. The first-order chi connectivity index (χ1) is 12.6. The maximum Gasteiger partial charge on any atom is 0.158 e. The second kappa shape index (κ2) is 6.96. The fourth-order valence-corrected chi connectivity index (χ4v) is 4.55. The van der Waals surface area contributed by atoms with Gasteiger partial charge in [-0.05, 0) is 48.9 Å². The molecule has 0 amide bonds. The largest absolute Gasteiger partial charge is 0.384 e. The van der Waals surface area contributed by atoms with E-state index in [1.165, 1.54) is 16.1 Å². The molecule has 1 saturated heterocycles. The molecule has 0 atom stereocenters. The van der Waals surface area contributed by atoms with E-state index in [-0.39, 0.29) is 5.41 Å². The molecule has 6 nitrogen and oxygen atoms in total. The second-order valence-corrected chi connectivity index (χ2v) is 8.51. The molecular formula is C19H26N6S. The van der Waals surface area contributed by atoms with Gasteiger partial charge in [-0.1, -0.05) is 24.8 Å². The van der Waals surface area contributed by atoms with Crippen LogP contribution in [-0.2, 0) is 6.42 Å². The summed E-state index contributed by atoms with van der Waals surface area (Å²) in [7, 11) is 0. The first kappa shape index (κ1) is 17.4. The Labute approximate surface area is 158 Å². The molecule has 2 aromatic rings. The molecule has 0 bridgehead atoms. The summed E-state index contributed by atoms with van der Waals surface area (Å²) >= 11 is 1.60. The van der Waals surface area contributed by atoms with Gasteiger partial charge in [-0.15, -0.1) is 0 Å². The summed E-state index contributed by atoms with van der Waals surface area (Å²) in [6, 6.07) is 6.32. The van der Waals surface area contributed by atoms with Crippen LogP contribution in [0.1, 0.15) is 25.3 Å². The van der Waals surface area contributed by atoms with E-state index in [4.69, 9.17) is 11.5 Å². The molecule has 2 aliphatic rings. The zero-order valence-corrected chi connectivity index (χ0v) is 16.0. The fourth-order valence-electron chi connectivity index (χ4n) is 3.60. The van der Waals surface area contributed by atoms with Crippen molar-refractivity contribution in [3.8, 4) is 0 Å². The summed E-state index contributed by atoms with van der Waals surface area (Å²) in [6.45, 7) is 5.89. The number of nitrogen functional groups attached to an aromatic ring is 1. The number of nitrogens with one attached hydrogen (secondary N) is 1. The molecule has 5 N–H and O–H groups in total. The van der Waals surface area contributed by atoms with Gasteiger partial charge in [-0.3, -0.25) is 0 Å². The Balaban J connectivity index is 1.50. The molecule has 2 aliphatic heterocycles. The van der Waals surface area contributed by atoms with Gasteiger partial charge in [0.15, 0.2) is 5.82 Å². The summed E-state index contributed by atoms with van der Waals surface area (Å²) in [5, 5.41) is 4.18. The Morgan fingerprint density at radius 3 is 2.85 bits per heavy atom. The van der Waals surface area contributed by atoms with Gasteiger partial charge in [0.05, 0.1) is 6.20 Å². The summed E-state index contributed by atoms with van der Waals surface area (Å²) in [5.41, 5.74) is 15.0. The molecule has 4 rings (SSSR count). The molecule has 3 heterocycles. The van der Waals surface area contributed by atoms with Crippen LogP contribution in [0.5, 0.6) is 0 Å². The number of fused-ring (bicyclic) bond motifs is 1. The topological polar surface area (TPSA) is 93.1 Å². The van der Waals surface area contributed by atoms with Crippen LogP contribution in [0.15, 0.2) is 34.3 Å². The van der Waals surface area contributed by atoms with Crippen molar-refractivity contribution in [2.75, 3.05) is 42.1 Å². The van der Waals surface area contributed by atoms with Crippen molar-refractivity contribution in [2.24, 2.45) is 11.1 Å². The van der Waals surface area contributed by atoms with E-state index in [2.05, 4.69) is 45.3 Å². The minimum absolute atomic E-state index is 0.243. The molecule has 26 heavy (non-hydrogen) atoms. The molecule has 0 aliphatic carbocycles. The zero-order chi connectivity index (χ0) is 18.1. The van der Waals surface area contributed by atoms with E-state index in [1.807, 2.05) is 6.20 Å². The van der Waals surface area contributed by atoms with Gasteiger partial charge < -0.3 is 21.7 Å². The standard InChI is InChI=1S/C19H26N6S/c1-19(12-20)6-9-25(10-7-19)16-11-23-18(17(21)24-16)26-15-4-2-3-14-13(15)5-8-22-14/h2-4,11,22H,5-10,12,20H2,1H3,(H2,21,24). The van der Waals surface area contributed by atoms with Gasteiger partial charge in [-0.2, -0.15) is 0 Å². The fraction of sp³-hybridized carbons (Fsp3) is 0.474. The monoisotopic (exact) mass is 370 g/mol. The Morgan fingerprint density at radius 1 is 1.31 bits per heavy atom. The highest BCUT2D eigenvalue weighted by Gasteiger charge is 2.29. The third-order valence-corrected chi connectivity index (χ3v) is 6.68. The Hall–Kier alpha value is -1.99. The number of benzene rings is 1. The van der Waals surface area contributed by atoms with Gasteiger partial charge in [0.1, 0.15) is 10.8 Å². The Bertz CT molecular complexity index is 801. The molecule has 0 unspecified atom stereocenters. The van der Waals surface area contributed by atoms with Gasteiger partial charge in [0.2, 0.25) is 0 Å². The van der Waals surface area contributed by atoms with Crippen LogP contribution in [0.4, 0.5) is 17.3 Å². The smallest absolute Gasteiger partial charge is 0.158 e. The van der Waals surface area contributed by atoms with E-state index in [0.29, 0.717) is 5.82 Å². The van der Waals surface area contributed by atoms with Crippen molar-refractivity contribution in [1.29, 1.82) is 0 Å². The first-order valence-corrected chi connectivity index (χ1v) is 10.0. The lowest BCUT2D eigenvalue weighted by Crippen LogP contribution is -2.42. The number of nitrogens with two attached hydrogens (primary N) is 2. The van der Waals surface area contributed by atoms with Crippen LogP contribution < -0.4 is 21.7 Å². The van der Waals surface area contributed by atoms with E-state index < -0.39 is 0 Å². The third kappa shape index (κ3) is 3.33. The van der Waals surface area contributed by atoms with Crippen LogP contribution in [0.3, 0.4) is 0 Å². The summed E-state index contributed by atoms with van der Waals surface area (Å²) in [4.78, 5) is 12.7. The molecule has 138 valence electrons. The average Bonchev–Trinajstić information content (AvgIpc) is 3.14. The normalized spacial score (nSPS) is 18.5. The molecule has 7 heteroatoms. The number of hydrogen-bond acceptors (Lipinski definition) is 7. The van der Waals surface area contributed by atoms with Crippen LogP contribution in [0.2, 0.25) is 0 Å². The van der Waals surface area contributed by atoms with E-state index in [9.17, 15) is 0 Å². The van der Waals surface area contributed by atoms with Crippen LogP contribution in [-0.4, -0.2) is 36.1 Å². The minimum atomic E-state index is 0.243. The highest BCUT2D eigenvalue weighted by molar-refractivity contribution is 7.99. The third-order valence-electron chi connectivity index (χ3n) is 5.57. The van der Waals surface area contributed by atoms with Crippen molar-refractivity contribution in [1.82, 2.24) is 9.97 Å². The van der Waals surface area contributed by atoms with Gasteiger partial charge in [-0.25, -0.2) is 9.97 Å². The number of aromatic nitrogens is 2. The molecule has 1 fully saturated rings. The van der Waals surface area contributed by atoms with Crippen LogP contribution in [0.25, 0.3) is 0 Å². The predicted octanol–water partition coefficient (Wildman–Crippen LogP) is 2.74.